The summed E-state index contributed by atoms with van der Waals surface area (Å²) in [7, 11) is 1.75. The maximum absolute atomic E-state index is 12.8. The number of nitrogens with zero attached hydrogens (tertiary/aromatic N) is 1. The van der Waals surface area contributed by atoms with Gasteiger partial charge in [-0.25, -0.2) is 9.59 Å². The number of rotatable bonds is 16. The maximum atomic E-state index is 12.8. The summed E-state index contributed by atoms with van der Waals surface area (Å²) in [6.07, 6.45) is 0.503. The van der Waals surface area contributed by atoms with Crippen LogP contribution in [-0.4, -0.2) is 88.7 Å². The molecular formula is C36H53BrN4O6S2. The van der Waals surface area contributed by atoms with Crippen LogP contribution in [0.2, 0.25) is 0 Å². The van der Waals surface area contributed by atoms with E-state index in [4.69, 9.17) is 9.47 Å². The minimum atomic E-state index is -0.564. The van der Waals surface area contributed by atoms with Gasteiger partial charge in [-0.1, -0.05) is 40.2 Å². The summed E-state index contributed by atoms with van der Waals surface area (Å²) in [5, 5.41) is 8.71. The predicted molar refractivity (Wildman–Crippen MR) is 203 cm³/mol. The molecule has 0 bridgehead atoms. The second-order valence-corrected chi connectivity index (χ2v) is 16.7. The number of ether oxygens (including phenoxy) is 2. The monoisotopic (exact) mass is 780 g/mol. The van der Waals surface area contributed by atoms with Crippen LogP contribution in [0.4, 0.5) is 9.59 Å². The van der Waals surface area contributed by atoms with Gasteiger partial charge in [0.2, 0.25) is 11.8 Å². The lowest BCUT2D eigenvalue weighted by atomic mass is 10.1. The van der Waals surface area contributed by atoms with Crippen LogP contribution in [0.3, 0.4) is 0 Å². The minimum absolute atomic E-state index is 0.0693. The molecule has 3 N–H and O–H groups in total. The third kappa shape index (κ3) is 18.1. The molecule has 0 aromatic heterocycles. The van der Waals surface area contributed by atoms with Crippen molar-refractivity contribution < 1.29 is 28.7 Å². The average Bonchev–Trinajstić information content (AvgIpc) is 2.99. The van der Waals surface area contributed by atoms with Crippen LogP contribution >= 0.6 is 39.5 Å². The summed E-state index contributed by atoms with van der Waals surface area (Å²) in [6.45, 7) is 14.9. The first-order valence-electron chi connectivity index (χ1n) is 16.3. The van der Waals surface area contributed by atoms with Crippen LogP contribution < -0.4 is 16.0 Å². The van der Waals surface area contributed by atoms with E-state index in [1.54, 1.807) is 35.5 Å². The summed E-state index contributed by atoms with van der Waals surface area (Å²) >= 11 is 6.38. The van der Waals surface area contributed by atoms with Gasteiger partial charge in [-0.2, -0.15) is 0 Å². The number of nitrogens with one attached hydrogen (secondary N) is 3. The molecule has 0 heterocycles. The Hall–Kier alpha value is -2.90. The second-order valence-electron chi connectivity index (χ2n) is 14.0. The van der Waals surface area contributed by atoms with Crippen molar-refractivity contribution in [2.45, 2.75) is 107 Å². The topological polar surface area (TPSA) is 126 Å². The molecular weight excluding hydrogens is 728 g/mol. The van der Waals surface area contributed by atoms with Gasteiger partial charge in [-0.3, -0.25) is 9.59 Å². The highest BCUT2D eigenvalue weighted by Crippen LogP contribution is 2.26. The first-order valence-corrected chi connectivity index (χ1v) is 19.4. The van der Waals surface area contributed by atoms with E-state index in [-0.39, 0.29) is 47.9 Å². The van der Waals surface area contributed by atoms with E-state index in [2.05, 4.69) is 44.0 Å². The number of carbonyl (C=O) groups is 4. The molecule has 0 saturated carbocycles. The molecule has 0 aliphatic heterocycles. The van der Waals surface area contributed by atoms with Crippen molar-refractivity contribution in [2.24, 2.45) is 0 Å². The number of halogens is 1. The Labute approximate surface area is 309 Å². The van der Waals surface area contributed by atoms with Gasteiger partial charge in [0.25, 0.3) is 0 Å². The minimum Gasteiger partial charge on any atom is -0.444 e. The molecule has 2 aromatic carbocycles. The zero-order valence-corrected chi connectivity index (χ0v) is 33.4. The standard InChI is InChI=1S/C36H53BrN4O6S2/c1-24(39-33(44)46-35(3,4)5)16-26-12-10-14-29(18-26)48-22-28(40-32(43)21-38-31(42)20-37)23-49-30-15-11-13-27(19-30)17-25(2)41(9)34(45)47-36(6,7)8/h10-15,18-19,24-25,28H,16-17,20-23H2,1-9H3,(H,38,42)(H,39,44)(H,40,43)/t24-,25-,28?/m0/s1. The molecule has 3 atom stereocenters. The molecule has 0 aliphatic carbocycles. The Morgan fingerprint density at radius 1 is 0.796 bits per heavy atom. The van der Waals surface area contributed by atoms with Crippen LogP contribution in [0, 0.1) is 0 Å². The Morgan fingerprint density at radius 2 is 1.33 bits per heavy atom. The fraction of sp³-hybridized carbons (Fsp3) is 0.556. The largest absolute Gasteiger partial charge is 0.444 e. The van der Waals surface area contributed by atoms with Crippen molar-refractivity contribution in [2.75, 3.05) is 30.4 Å². The maximum Gasteiger partial charge on any atom is 0.410 e. The lowest BCUT2D eigenvalue weighted by Crippen LogP contribution is -2.44. The Kier molecular flexibility index (Phi) is 17.3. The Balaban J connectivity index is 2.07. The highest BCUT2D eigenvalue weighted by atomic mass is 79.9. The van der Waals surface area contributed by atoms with Gasteiger partial charge >= 0.3 is 12.2 Å². The van der Waals surface area contributed by atoms with E-state index in [0.29, 0.717) is 24.3 Å². The summed E-state index contributed by atoms with van der Waals surface area (Å²) in [5.41, 5.74) is 1.04. The number of alkyl carbamates (subject to hydrolysis) is 1. The van der Waals surface area contributed by atoms with Crippen molar-refractivity contribution >= 4 is 63.5 Å². The van der Waals surface area contributed by atoms with Gasteiger partial charge in [0, 0.05) is 46.5 Å². The summed E-state index contributed by atoms with van der Waals surface area (Å²) < 4.78 is 10.9. The zero-order chi connectivity index (χ0) is 36.8. The third-order valence-corrected chi connectivity index (χ3v) is 9.63. The number of benzene rings is 2. The molecule has 272 valence electrons. The van der Waals surface area contributed by atoms with E-state index in [0.717, 1.165) is 20.9 Å². The van der Waals surface area contributed by atoms with E-state index >= 15 is 0 Å². The fourth-order valence-corrected chi connectivity index (χ4v) is 6.82. The van der Waals surface area contributed by atoms with Crippen LogP contribution in [-0.2, 0) is 31.9 Å². The quantitative estimate of drug-likeness (QED) is 0.125. The van der Waals surface area contributed by atoms with E-state index in [9.17, 15) is 19.2 Å². The molecule has 2 aromatic rings. The van der Waals surface area contributed by atoms with Crippen molar-refractivity contribution in [1.29, 1.82) is 0 Å². The van der Waals surface area contributed by atoms with Crippen LogP contribution in [0.5, 0.6) is 0 Å². The first kappa shape index (κ1) is 42.3. The predicted octanol–water partition coefficient (Wildman–Crippen LogP) is 6.82. The summed E-state index contributed by atoms with van der Waals surface area (Å²) in [4.78, 5) is 52.9. The Morgan fingerprint density at radius 3 is 1.84 bits per heavy atom. The van der Waals surface area contributed by atoms with E-state index in [1.165, 1.54) is 0 Å². The molecule has 13 heteroatoms. The van der Waals surface area contributed by atoms with Crippen molar-refractivity contribution in [3.05, 3.63) is 59.7 Å². The molecule has 0 radical (unpaired) electrons. The SMILES string of the molecule is C[C@@H](Cc1cccc(SCC(CSc2cccc(C[C@H](C)N(C)C(=O)OC(C)(C)C)c2)NC(=O)CNC(=O)CBr)c1)NC(=O)OC(C)(C)C. The molecule has 10 nitrogen and oxygen atoms in total. The van der Waals surface area contributed by atoms with Crippen molar-refractivity contribution in [3.63, 3.8) is 0 Å². The number of likely N-dealkylation sites (N-methyl/N-ethyl adjacent to an activating group) is 1. The van der Waals surface area contributed by atoms with Gasteiger partial charge < -0.3 is 30.3 Å². The number of amides is 4. The Bertz CT molecular complexity index is 1400. The molecule has 0 spiro atoms. The number of hydrogen-bond donors (Lipinski definition) is 3. The fourth-order valence-electron chi connectivity index (χ4n) is 4.46. The second kappa shape index (κ2) is 20.1. The molecule has 0 aliphatic rings. The molecule has 0 fully saturated rings. The smallest absolute Gasteiger partial charge is 0.410 e. The van der Waals surface area contributed by atoms with Gasteiger partial charge in [-0.15, -0.1) is 23.5 Å². The highest BCUT2D eigenvalue weighted by molar-refractivity contribution is 9.09. The third-order valence-electron chi connectivity index (χ3n) is 6.81. The van der Waals surface area contributed by atoms with E-state index in [1.807, 2.05) is 91.8 Å². The number of alkyl halides is 1. The summed E-state index contributed by atoms with van der Waals surface area (Å²) in [6, 6.07) is 15.9. The van der Waals surface area contributed by atoms with Gasteiger partial charge in [0.1, 0.15) is 11.2 Å². The van der Waals surface area contributed by atoms with Crippen LogP contribution in [0.1, 0.15) is 66.5 Å². The van der Waals surface area contributed by atoms with Gasteiger partial charge in [-0.05, 0) is 104 Å². The molecule has 1 unspecified atom stereocenters. The summed E-state index contributed by atoms with van der Waals surface area (Å²) in [5.74, 6) is 0.700. The zero-order valence-electron chi connectivity index (χ0n) is 30.2. The number of thioether (sulfide) groups is 2. The van der Waals surface area contributed by atoms with Gasteiger partial charge in [0.05, 0.1) is 11.9 Å². The molecule has 2 rings (SSSR count). The van der Waals surface area contributed by atoms with Gasteiger partial charge in [0.15, 0.2) is 0 Å². The average molecular weight is 782 g/mol. The van der Waals surface area contributed by atoms with Crippen LogP contribution in [0.15, 0.2) is 58.3 Å². The molecule has 4 amide bonds. The van der Waals surface area contributed by atoms with Crippen LogP contribution in [0.25, 0.3) is 0 Å². The molecule has 49 heavy (non-hydrogen) atoms. The first-order chi connectivity index (χ1) is 22.8. The molecule has 0 saturated heterocycles. The lowest BCUT2D eigenvalue weighted by Gasteiger charge is -2.28. The van der Waals surface area contributed by atoms with Crippen molar-refractivity contribution in [1.82, 2.24) is 20.9 Å². The number of carbonyl (C=O) groups excluding carboxylic acids is 4. The lowest BCUT2D eigenvalue weighted by molar-refractivity contribution is -0.125. The van der Waals surface area contributed by atoms with Crippen molar-refractivity contribution in [3.8, 4) is 0 Å². The van der Waals surface area contributed by atoms with E-state index < -0.39 is 17.3 Å². The highest BCUT2D eigenvalue weighted by Gasteiger charge is 2.23. The number of hydrogen-bond acceptors (Lipinski definition) is 8. The normalized spacial score (nSPS) is 13.4.